The Hall–Kier alpha value is -0.550. The second kappa shape index (κ2) is 5.16. The van der Waals surface area contributed by atoms with Crippen molar-refractivity contribution in [2.45, 2.75) is 19.2 Å². The summed E-state index contributed by atoms with van der Waals surface area (Å²) in [5.41, 5.74) is 5.07. The van der Waals surface area contributed by atoms with E-state index in [0.29, 0.717) is 6.54 Å². The summed E-state index contributed by atoms with van der Waals surface area (Å²) in [5.74, 6) is 0. The van der Waals surface area contributed by atoms with E-state index >= 15 is 0 Å². The highest BCUT2D eigenvalue weighted by atomic mass is 19.4. The Morgan fingerprint density at radius 2 is 2.00 bits per heavy atom. The molecular formula is C7H12F3NO. The Labute approximate surface area is 69.2 Å². The number of hydrogen-bond donors (Lipinski definition) is 1. The van der Waals surface area contributed by atoms with E-state index in [1.54, 1.807) is 6.08 Å². The van der Waals surface area contributed by atoms with Crippen molar-refractivity contribution >= 4 is 0 Å². The summed E-state index contributed by atoms with van der Waals surface area (Å²) in [6.07, 6.45) is -3.00. The van der Waals surface area contributed by atoms with Crippen LogP contribution in [0.3, 0.4) is 0 Å². The molecule has 0 heterocycles. The van der Waals surface area contributed by atoms with Gasteiger partial charge in [0.15, 0.2) is 6.10 Å². The molecule has 0 amide bonds. The summed E-state index contributed by atoms with van der Waals surface area (Å²) in [6.45, 7) is 1.22. The predicted octanol–water partition coefficient (Wildman–Crippen LogP) is 1.47. The average Bonchev–Trinajstić information content (AvgIpc) is 1.96. The monoisotopic (exact) mass is 183 g/mol. The van der Waals surface area contributed by atoms with Gasteiger partial charge in [-0.15, -0.1) is 0 Å². The van der Waals surface area contributed by atoms with Crippen LogP contribution in [0.25, 0.3) is 0 Å². The van der Waals surface area contributed by atoms with Gasteiger partial charge in [0.05, 0.1) is 6.61 Å². The normalized spacial score (nSPS) is 15.4. The second-order valence-corrected chi connectivity index (χ2v) is 2.22. The lowest BCUT2D eigenvalue weighted by molar-refractivity contribution is -0.211. The van der Waals surface area contributed by atoms with Crippen LogP contribution >= 0.6 is 0 Å². The van der Waals surface area contributed by atoms with Gasteiger partial charge in [-0.25, -0.2) is 0 Å². The summed E-state index contributed by atoms with van der Waals surface area (Å²) in [7, 11) is 0. The van der Waals surface area contributed by atoms with Gasteiger partial charge in [0.25, 0.3) is 0 Å². The number of ether oxygens (including phenoxy) is 1. The Balaban J connectivity index is 3.58. The van der Waals surface area contributed by atoms with E-state index in [0.717, 1.165) is 6.92 Å². The lowest BCUT2D eigenvalue weighted by Crippen LogP contribution is -2.28. The molecule has 0 fully saturated rings. The van der Waals surface area contributed by atoms with Crippen molar-refractivity contribution in [2.24, 2.45) is 5.73 Å². The van der Waals surface area contributed by atoms with Crippen LogP contribution in [-0.4, -0.2) is 25.4 Å². The number of hydrogen-bond acceptors (Lipinski definition) is 2. The van der Waals surface area contributed by atoms with Gasteiger partial charge in [0, 0.05) is 6.54 Å². The summed E-state index contributed by atoms with van der Waals surface area (Å²) < 4.78 is 39.8. The Morgan fingerprint density at radius 1 is 1.42 bits per heavy atom. The van der Waals surface area contributed by atoms with E-state index in [2.05, 4.69) is 4.74 Å². The van der Waals surface area contributed by atoms with Gasteiger partial charge in [-0.05, 0) is 6.92 Å². The van der Waals surface area contributed by atoms with Crippen LogP contribution in [0, 0.1) is 0 Å². The first kappa shape index (κ1) is 11.4. The Kier molecular flexibility index (Phi) is 4.92. The van der Waals surface area contributed by atoms with Crippen molar-refractivity contribution < 1.29 is 17.9 Å². The van der Waals surface area contributed by atoms with Crippen LogP contribution in [0.2, 0.25) is 0 Å². The topological polar surface area (TPSA) is 35.2 Å². The quantitative estimate of drug-likeness (QED) is 0.670. The van der Waals surface area contributed by atoms with Crippen LogP contribution in [-0.2, 0) is 4.74 Å². The molecule has 0 aliphatic carbocycles. The minimum absolute atomic E-state index is 0.0577. The number of halogens is 3. The lowest BCUT2D eigenvalue weighted by Gasteiger charge is -2.14. The van der Waals surface area contributed by atoms with Crippen LogP contribution in [0.15, 0.2) is 12.2 Å². The van der Waals surface area contributed by atoms with Crippen LogP contribution in [0.5, 0.6) is 0 Å². The van der Waals surface area contributed by atoms with Gasteiger partial charge in [-0.3, -0.25) is 0 Å². The molecule has 0 radical (unpaired) electrons. The van der Waals surface area contributed by atoms with Gasteiger partial charge in [0.2, 0.25) is 0 Å². The minimum Gasteiger partial charge on any atom is -0.365 e. The van der Waals surface area contributed by atoms with Gasteiger partial charge >= 0.3 is 6.18 Å². The molecule has 0 saturated heterocycles. The highest BCUT2D eigenvalue weighted by Crippen LogP contribution is 2.21. The molecule has 0 aromatic heterocycles. The number of nitrogens with two attached hydrogens (primary N) is 1. The van der Waals surface area contributed by atoms with E-state index in [-0.39, 0.29) is 6.61 Å². The molecule has 0 spiro atoms. The molecule has 0 saturated carbocycles. The zero-order valence-electron chi connectivity index (χ0n) is 6.77. The van der Waals surface area contributed by atoms with Gasteiger partial charge in [-0.1, -0.05) is 12.2 Å². The van der Waals surface area contributed by atoms with E-state index in [9.17, 15) is 13.2 Å². The summed E-state index contributed by atoms with van der Waals surface area (Å²) in [6, 6.07) is 0. The highest BCUT2D eigenvalue weighted by Gasteiger charge is 2.36. The predicted molar refractivity (Wildman–Crippen MR) is 39.7 cm³/mol. The highest BCUT2D eigenvalue weighted by molar-refractivity contribution is 4.82. The van der Waals surface area contributed by atoms with Gasteiger partial charge in [-0.2, -0.15) is 13.2 Å². The zero-order chi connectivity index (χ0) is 9.61. The largest absolute Gasteiger partial charge is 0.414 e. The standard InChI is InChI=1S/C7H12F3NO/c1-6(7(8,9)10)12-5-3-2-4-11/h2-3,6H,4-5,11H2,1H3. The molecular weight excluding hydrogens is 171 g/mol. The van der Waals surface area contributed by atoms with Gasteiger partial charge < -0.3 is 10.5 Å². The van der Waals surface area contributed by atoms with Crippen LogP contribution < -0.4 is 5.73 Å². The smallest absolute Gasteiger partial charge is 0.365 e. The summed E-state index contributed by atoms with van der Waals surface area (Å²) in [5, 5.41) is 0. The average molecular weight is 183 g/mol. The van der Waals surface area contributed by atoms with Crippen molar-refractivity contribution in [1.82, 2.24) is 0 Å². The van der Waals surface area contributed by atoms with Crippen molar-refractivity contribution in [1.29, 1.82) is 0 Å². The maximum Gasteiger partial charge on any atom is 0.414 e. The van der Waals surface area contributed by atoms with E-state index in [4.69, 9.17) is 5.73 Å². The zero-order valence-corrected chi connectivity index (χ0v) is 6.77. The fourth-order valence-corrected chi connectivity index (χ4v) is 0.459. The molecule has 0 aliphatic heterocycles. The first-order chi connectivity index (χ1) is 5.48. The van der Waals surface area contributed by atoms with Gasteiger partial charge in [0.1, 0.15) is 0 Å². The fourth-order valence-electron chi connectivity index (χ4n) is 0.459. The molecule has 12 heavy (non-hydrogen) atoms. The molecule has 0 rings (SSSR count). The maximum atomic E-state index is 11.8. The molecule has 0 aromatic carbocycles. The second-order valence-electron chi connectivity index (χ2n) is 2.22. The maximum absolute atomic E-state index is 11.8. The Morgan fingerprint density at radius 3 is 2.42 bits per heavy atom. The van der Waals surface area contributed by atoms with Crippen LogP contribution in [0.1, 0.15) is 6.92 Å². The first-order valence-electron chi connectivity index (χ1n) is 3.52. The molecule has 2 nitrogen and oxygen atoms in total. The SMILES string of the molecule is CC(OCC=CCN)C(F)(F)F. The third kappa shape index (κ3) is 5.15. The van der Waals surface area contributed by atoms with Crippen molar-refractivity contribution in [3.8, 4) is 0 Å². The fraction of sp³-hybridized carbons (Fsp3) is 0.714. The van der Waals surface area contributed by atoms with Crippen molar-refractivity contribution in [3.05, 3.63) is 12.2 Å². The molecule has 0 aromatic rings. The molecule has 72 valence electrons. The Bertz CT molecular complexity index is 144. The third-order valence-electron chi connectivity index (χ3n) is 1.21. The molecule has 1 atom stereocenters. The molecule has 5 heteroatoms. The van der Waals surface area contributed by atoms with E-state index < -0.39 is 12.3 Å². The van der Waals surface area contributed by atoms with Crippen molar-refractivity contribution in [2.75, 3.05) is 13.2 Å². The molecule has 0 aliphatic rings. The van der Waals surface area contributed by atoms with E-state index in [1.165, 1.54) is 6.08 Å². The number of alkyl halides is 3. The summed E-state index contributed by atoms with van der Waals surface area (Å²) >= 11 is 0. The molecule has 1 unspecified atom stereocenters. The summed E-state index contributed by atoms with van der Waals surface area (Å²) in [4.78, 5) is 0. The first-order valence-corrected chi connectivity index (χ1v) is 3.52. The minimum atomic E-state index is -4.28. The number of rotatable bonds is 4. The van der Waals surface area contributed by atoms with E-state index in [1.807, 2.05) is 0 Å². The third-order valence-corrected chi connectivity index (χ3v) is 1.21. The molecule has 2 N–H and O–H groups in total. The lowest BCUT2D eigenvalue weighted by atomic mass is 10.4. The van der Waals surface area contributed by atoms with Crippen LogP contribution in [0.4, 0.5) is 13.2 Å². The molecule has 0 bridgehead atoms. The van der Waals surface area contributed by atoms with Crippen molar-refractivity contribution in [3.63, 3.8) is 0 Å².